The third kappa shape index (κ3) is 3.62. The van der Waals surface area contributed by atoms with Crippen molar-refractivity contribution >= 4 is 6.03 Å². The molecule has 0 aromatic carbocycles. The van der Waals surface area contributed by atoms with E-state index in [1.807, 2.05) is 0 Å². The fraction of sp³-hybridized carbons (Fsp3) is 0.933. The van der Waals surface area contributed by atoms with E-state index in [1.165, 1.54) is 38.5 Å². The second-order valence-corrected chi connectivity index (χ2v) is 6.80. The lowest BCUT2D eigenvalue weighted by Gasteiger charge is -2.25. The SMILES string of the molecule is CC(CNC(=O)NC(C1CC1)C1CC1)N(C)C1CC1. The van der Waals surface area contributed by atoms with Gasteiger partial charge in [-0.15, -0.1) is 0 Å². The van der Waals surface area contributed by atoms with Crippen LogP contribution in [0.3, 0.4) is 0 Å². The largest absolute Gasteiger partial charge is 0.337 e. The predicted molar refractivity (Wildman–Crippen MR) is 76.0 cm³/mol. The Morgan fingerprint density at radius 1 is 1.16 bits per heavy atom. The van der Waals surface area contributed by atoms with Crippen LogP contribution in [0.2, 0.25) is 0 Å². The lowest BCUT2D eigenvalue weighted by atomic mass is 10.1. The summed E-state index contributed by atoms with van der Waals surface area (Å²) in [6, 6.07) is 1.68. The smallest absolute Gasteiger partial charge is 0.315 e. The van der Waals surface area contributed by atoms with Gasteiger partial charge in [0.2, 0.25) is 0 Å². The summed E-state index contributed by atoms with van der Waals surface area (Å²) in [5.41, 5.74) is 0. The van der Waals surface area contributed by atoms with E-state index in [0.29, 0.717) is 12.1 Å². The number of nitrogens with zero attached hydrogens (tertiary/aromatic N) is 1. The van der Waals surface area contributed by atoms with Crippen molar-refractivity contribution in [1.82, 2.24) is 15.5 Å². The molecule has 0 heterocycles. The summed E-state index contributed by atoms with van der Waals surface area (Å²) in [6.45, 7) is 2.94. The lowest BCUT2D eigenvalue weighted by Crippen LogP contribution is -2.48. The van der Waals surface area contributed by atoms with Crippen molar-refractivity contribution in [2.24, 2.45) is 11.8 Å². The first-order valence-corrected chi connectivity index (χ1v) is 7.91. The number of carbonyl (C=O) groups excluding carboxylic acids is 1. The Morgan fingerprint density at radius 3 is 2.21 bits per heavy atom. The average molecular weight is 265 g/mol. The molecule has 3 fully saturated rings. The molecular formula is C15H27N3O. The van der Waals surface area contributed by atoms with E-state index in [2.05, 4.69) is 29.5 Å². The van der Waals surface area contributed by atoms with Crippen LogP contribution in [0.4, 0.5) is 4.79 Å². The summed E-state index contributed by atoms with van der Waals surface area (Å²) in [5, 5.41) is 6.26. The fourth-order valence-corrected chi connectivity index (χ4v) is 2.96. The van der Waals surface area contributed by atoms with Gasteiger partial charge in [-0.25, -0.2) is 4.79 Å². The van der Waals surface area contributed by atoms with Crippen molar-refractivity contribution < 1.29 is 4.79 Å². The van der Waals surface area contributed by atoms with Crippen molar-refractivity contribution in [3.63, 3.8) is 0 Å². The third-order valence-electron chi connectivity index (χ3n) is 4.93. The zero-order chi connectivity index (χ0) is 13.4. The van der Waals surface area contributed by atoms with E-state index in [9.17, 15) is 4.79 Å². The van der Waals surface area contributed by atoms with E-state index in [1.54, 1.807) is 0 Å². The molecule has 0 aliphatic heterocycles. The molecule has 3 aliphatic rings. The van der Waals surface area contributed by atoms with E-state index >= 15 is 0 Å². The molecule has 19 heavy (non-hydrogen) atoms. The quantitative estimate of drug-likeness (QED) is 0.739. The molecule has 4 nitrogen and oxygen atoms in total. The maximum atomic E-state index is 12.0. The van der Waals surface area contributed by atoms with Crippen molar-refractivity contribution in [3.05, 3.63) is 0 Å². The Balaban J connectivity index is 1.38. The number of hydrogen-bond acceptors (Lipinski definition) is 2. The monoisotopic (exact) mass is 265 g/mol. The molecule has 0 spiro atoms. The van der Waals surface area contributed by atoms with Crippen LogP contribution < -0.4 is 10.6 Å². The molecule has 0 saturated heterocycles. The van der Waals surface area contributed by atoms with Crippen LogP contribution in [0.25, 0.3) is 0 Å². The molecule has 2 N–H and O–H groups in total. The van der Waals surface area contributed by atoms with E-state index in [4.69, 9.17) is 0 Å². The number of nitrogens with one attached hydrogen (secondary N) is 2. The summed E-state index contributed by atoms with van der Waals surface area (Å²) in [5.74, 6) is 1.54. The van der Waals surface area contributed by atoms with Gasteiger partial charge in [-0.05, 0) is 64.3 Å². The molecule has 2 amide bonds. The molecule has 3 aliphatic carbocycles. The van der Waals surface area contributed by atoms with Gasteiger partial charge < -0.3 is 10.6 Å². The highest BCUT2D eigenvalue weighted by Gasteiger charge is 2.42. The van der Waals surface area contributed by atoms with Crippen molar-refractivity contribution in [3.8, 4) is 0 Å². The Labute approximate surface area is 116 Å². The van der Waals surface area contributed by atoms with Crippen LogP contribution in [-0.4, -0.2) is 42.6 Å². The van der Waals surface area contributed by atoms with Crippen LogP contribution in [0.1, 0.15) is 45.4 Å². The van der Waals surface area contributed by atoms with Gasteiger partial charge in [-0.1, -0.05) is 0 Å². The molecule has 4 heteroatoms. The molecule has 3 rings (SSSR count). The number of carbonyl (C=O) groups is 1. The van der Waals surface area contributed by atoms with Crippen LogP contribution in [0.15, 0.2) is 0 Å². The summed E-state index contributed by atoms with van der Waals surface area (Å²) in [6.07, 6.45) is 7.87. The van der Waals surface area contributed by atoms with Crippen LogP contribution in [-0.2, 0) is 0 Å². The standard InChI is InChI=1S/C15H27N3O/c1-10(18(2)13-7-8-13)9-16-15(19)17-14(11-3-4-11)12-5-6-12/h10-14H,3-9H2,1-2H3,(H2,16,17,19). The molecule has 1 atom stereocenters. The molecule has 0 radical (unpaired) electrons. The van der Waals surface area contributed by atoms with E-state index in [0.717, 1.165) is 24.4 Å². The van der Waals surface area contributed by atoms with Gasteiger partial charge in [0.1, 0.15) is 0 Å². The number of urea groups is 1. The first-order chi connectivity index (χ1) is 9.15. The minimum Gasteiger partial charge on any atom is -0.337 e. The zero-order valence-electron chi connectivity index (χ0n) is 12.2. The Bertz CT molecular complexity index is 322. The Hall–Kier alpha value is -0.770. The lowest BCUT2D eigenvalue weighted by molar-refractivity contribution is 0.217. The molecular weight excluding hydrogens is 238 g/mol. The molecule has 0 aromatic rings. The third-order valence-corrected chi connectivity index (χ3v) is 4.93. The highest BCUT2D eigenvalue weighted by Crippen LogP contribution is 2.44. The van der Waals surface area contributed by atoms with Gasteiger partial charge >= 0.3 is 6.03 Å². The summed E-state index contributed by atoms with van der Waals surface area (Å²) >= 11 is 0. The highest BCUT2D eigenvalue weighted by molar-refractivity contribution is 5.74. The van der Waals surface area contributed by atoms with Crippen LogP contribution in [0.5, 0.6) is 0 Å². The van der Waals surface area contributed by atoms with Gasteiger partial charge in [-0.2, -0.15) is 0 Å². The van der Waals surface area contributed by atoms with Gasteiger partial charge in [0.15, 0.2) is 0 Å². The first-order valence-electron chi connectivity index (χ1n) is 7.91. The maximum absolute atomic E-state index is 12.0. The normalized spacial score (nSPS) is 24.6. The molecule has 108 valence electrons. The van der Waals surface area contributed by atoms with Gasteiger partial charge in [0.25, 0.3) is 0 Å². The maximum Gasteiger partial charge on any atom is 0.315 e. The fourth-order valence-electron chi connectivity index (χ4n) is 2.96. The highest BCUT2D eigenvalue weighted by atomic mass is 16.2. The van der Waals surface area contributed by atoms with Crippen molar-refractivity contribution in [2.75, 3.05) is 13.6 Å². The molecule has 0 bridgehead atoms. The van der Waals surface area contributed by atoms with Gasteiger partial charge in [0, 0.05) is 24.7 Å². The summed E-state index contributed by atoms with van der Waals surface area (Å²) in [4.78, 5) is 14.4. The second-order valence-electron chi connectivity index (χ2n) is 6.80. The zero-order valence-corrected chi connectivity index (χ0v) is 12.2. The van der Waals surface area contributed by atoms with E-state index in [-0.39, 0.29) is 6.03 Å². The molecule has 3 saturated carbocycles. The summed E-state index contributed by atoms with van der Waals surface area (Å²) < 4.78 is 0. The number of amides is 2. The van der Waals surface area contributed by atoms with Gasteiger partial charge in [-0.3, -0.25) is 4.90 Å². The average Bonchev–Trinajstić information content (AvgIpc) is 3.28. The second kappa shape index (κ2) is 5.31. The van der Waals surface area contributed by atoms with Gasteiger partial charge in [0.05, 0.1) is 0 Å². The topological polar surface area (TPSA) is 44.4 Å². The van der Waals surface area contributed by atoms with Crippen molar-refractivity contribution in [2.45, 2.75) is 63.6 Å². The number of likely N-dealkylation sites (N-methyl/N-ethyl adjacent to an activating group) is 1. The van der Waals surface area contributed by atoms with Crippen molar-refractivity contribution in [1.29, 1.82) is 0 Å². The summed E-state index contributed by atoms with van der Waals surface area (Å²) in [7, 11) is 2.17. The minimum atomic E-state index is 0.0415. The van der Waals surface area contributed by atoms with Crippen LogP contribution >= 0.6 is 0 Å². The Morgan fingerprint density at radius 2 is 1.74 bits per heavy atom. The van der Waals surface area contributed by atoms with Crippen LogP contribution in [0, 0.1) is 11.8 Å². The first kappa shape index (κ1) is 13.2. The molecule has 0 aromatic heterocycles. The van der Waals surface area contributed by atoms with E-state index < -0.39 is 0 Å². The minimum absolute atomic E-state index is 0.0415. The predicted octanol–water partition coefficient (Wildman–Crippen LogP) is 1.96. The number of rotatable bonds is 7. The number of hydrogen-bond donors (Lipinski definition) is 2. The Kier molecular flexibility index (Phi) is 3.70. The molecule has 1 unspecified atom stereocenters.